The molecule has 0 bridgehead atoms. The second kappa shape index (κ2) is 9.33. The highest BCUT2D eigenvalue weighted by Gasteiger charge is 2.22. The van der Waals surface area contributed by atoms with Crippen molar-refractivity contribution in [2.24, 2.45) is 0 Å². The number of sulfonamides is 1. The summed E-state index contributed by atoms with van der Waals surface area (Å²) in [5.74, 6) is 0.384. The van der Waals surface area contributed by atoms with Crippen molar-refractivity contribution in [2.45, 2.75) is 11.8 Å². The van der Waals surface area contributed by atoms with Gasteiger partial charge in [0.25, 0.3) is 0 Å². The van der Waals surface area contributed by atoms with Crippen LogP contribution in [0.5, 0.6) is 0 Å². The smallest absolute Gasteiger partial charge is 0.240 e. The van der Waals surface area contributed by atoms with Crippen LogP contribution in [0.25, 0.3) is 10.8 Å². The normalized spacial score (nSPS) is 11.4. The van der Waals surface area contributed by atoms with Crippen molar-refractivity contribution >= 4 is 44.2 Å². The average Bonchev–Trinajstić information content (AvgIpc) is 2.69. The molecule has 152 valence electrons. The average molecular weight is 429 g/mol. The maximum atomic E-state index is 12.4. The predicted molar refractivity (Wildman–Crippen MR) is 121 cm³/mol. The molecule has 3 aromatic rings. The molecule has 0 aliphatic heterocycles. The Balaban J connectivity index is 1.64. The van der Waals surface area contributed by atoms with E-state index < -0.39 is 10.0 Å². The van der Waals surface area contributed by atoms with Crippen molar-refractivity contribution in [3.05, 3.63) is 72.3 Å². The fourth-order valence-electron chi connectivity index (χ4n) is 2.99. The third-order valence-electron chi connectivity index (χ3n) is 4.44. The number of carbonyl (C=O) groups excluding carboxylic acids is 1. The molecule has 3 rings (SSSR count). The van der Waals surface area contributed by atoms with E-state index >= 15 is 0 Å². The van der Waals surface area contributed by atoms with E-state index in [-0.39, 0.29) is 12.5 Å². The van der Waals surface area contributed by atoms with Crippen LogP contribution in [0.3, 0.4) is 0 Å². The Morgan fingerprint density at radius 3 is 2.41 bits per heavy atom. The molecule has 29 heavy (non-hydrogen) atoms. The first-order valence-electron chi connectivity index (χ1n) is 9.26. The topological polar surface area (TPSA) is 66.5 Å². The number of hydrogen-bond acceptors (Lipinski definition) is 4. The molecule has 1 N–H and O–H groups in total. The van der Waals surface area contributed by atoms with E-state index in [1.165, 1.54) is 5.56 Å². The first-order valence-corrected chi connectivity index (χ1v) is 12.1. The minimum absolute atomic E-state index is 0.248. The molecule has 0 saturated carbocycles. The third-order valence-corrected chi connectivity index (χ3v) is 6.58. The Morgan fingerprint density at radius 2 is 1.69 bits per heavy atom. The number of carbonyl (C=O) groups is 1. The summed E-state index contributed by atoms with van der Waals surface area (Å²) in [4.78, 5) is 13.6. The van der Waals surface area contributed by atoms with Gasteiger partial charge in [0, 0.05) is 22.6 Å². The number of thioether (sulfide) groups is 1. The van der Waals surface area contributed by atoms with Crippen LogP contribution in [0.2, 0.25) is 0 Å². The fourth-order valence-corrected chi connectivity index (χ4v) is 4.62. The lowest BCUT2D eigenvalue weighted by atomic mass is 10.1. The minimum atomic E-state index is -3.61. The van der Waals surface area contributed by atoms with E-state index in [4.69, 9.17) is 0 Å². The van der Waals surface area contributed by atoms with Gasteiger partial charge in [-0.15, -0.1) is 11.8 Å². The largest absolute Gasteiger partial charge is 0.354 e. The Kier molecular flexibility index (Phi) is 6.82. The zero-order chi connectivity index (χ0) is 20.9. The molecule has 0 saturated heterocycles. The molecular weight excluding hydrogens is 404 g/mol. The number of anilines is 1. The van der Waals surface area contributed by atoms with Crippen LogP contribution < -0.4 is 9.62 Å². The highest BCUT2D eigenvalue weighted by atomic mass is 32.2. The first-order chi connectivity index (χ1) is 13.8. The lowest BCUT2D eigenvalue weighted by molar-refractivity contribution is -0.119. The Labute approximate surface area is 176 Å². The van der Waals surface area contributed by atoms with Gasteiger partial charge in [-0.05, 0) is 30.5 Å². The second-order valence-corrected chi connectivity index (χ2v) is 9.85. The lowest BCUT2D eigenvalue weighted by Crippen LogP contribution is -2.41. The predicted octanol–water partition coefficient (Wildman–Crippen LogP) is 3.82. The zero-order valence-corrected chi connectivity index (χ0v) is 18.1. The molecule has 0 spiro atoms. The maximum absolute atomic E-state index is 12.4. The molecule has 0 unspecified atom stereocenters. The molecule has 5 nitrogen and oxygen atoms in total. The molecule has 0 heterocycles. The Bertz CT molecular complexity index is 1090. The summed E-state index contributed by atoms with van der Waals surface area (Å²) < 4.78 is 26.0. The standard InChI is InChI=1S/C22H24N2O3S2/c1-17-10-12-19(13-11-17)28-15-14-23-22(25)16-24(29(2,26)27)21-9-5-7-18-6-3-4-8-20(18)21/h3-13H,14-16H2,1-2H3,(H,23,25). The lowest BCUT2D eigenvalue weighted by Gasteiger charge is -2.23. The molecule has 0 aromatic heterocycles. The van der Waals surface area contributed by atoms with Crippen molar-refractivity contribution in [2.75, 3.05) is 29.4 Å². The van der Waals surface area contributed by atoms with E-state index in [1.807, 2.05) is 49.4 Å². The zero-order valence-electron chi connectivity index (χ0n) is 16.5. The van der Waals surface area contributed by atoms with Crippen molar-refractivity contribution in [3.63, 3.8) is 0 Å². The number of aryl methyl sites for hydroxylation is 1. The van der Waals surface area contributed by atoms with Gasteiger partial charge in [0.2, 0.25) is 15.9 Å². The van der Waals surface area contributed by atoms with E-state index in [9.17, 15) is 13.2 Å². The van der Waals surface area contributed by atoms with Gasteiger partial charge in [-0.1, -0.05) is 54.1 Å². The first kappa shape index (κ1) is 21.2. The van der Waals surface area contributed by atoms with E-state index in [2.05, 4.69) is 17.4 Å². The summed E-state index contributed by atoms with van der Waals surface area (Å²) >= 11 is 1.65. The summed E-state index contributed by atoms with van der Waals surface area (Å²) in [6.45, 7) is 2.25. The fraction of sp³-hybridized carbons (Fsp3) is 0.227. The monoisotopic (exact) mass is 428 g/mol. The maximum Gasteiger partial charge on any atom is 0.240 e. The Morgan fingerprint density at radius 1 is 1.00 bits per heavy atom. The molecule has 0 aliphatic carbocycles. The van der Waals surface area contributed by atoms with E-state index in [0.29, 0.717) is 18.0 Å². The summed E-state index contributed by atoms with van der Waals surface area (Å²) in [6, 6.07) is 21.2. The van der Waals surface area contributed by atoms with E-state index in [0.717, 1.165) is 26.2 Å². The van der Waals surface area contributed by atoms with Crippen molar-refractivity contribution in [1.29, 1.82) is 0 Å². The number of nitrogens with zero attached hydrogens (tertiary/aromatic N) is 1. The van der Waals surface area contributed by atoms with Crippen LogP contribution in [0.4, 0.5) is 5.69 Å². The summed E-state index contributed by atoms with van der Waals surface area (Å²) in [5, 5.41) is 4.54. The van der Waals surface area contributed by atoms with Crippen LogP contribution in [0.1, 0.15) is 5.56 Å². The molecule has 0 radical (unpaired) electrons. The number of nitrogens with one attached hydrogen (secondary N) is 1. The molecule has 0 fully saturated rings. The highest BCUT2D eigenvalue weighted by molar-refractivity contribution is 7.99. The minimum Gasteiger partial charge on any atom is -0.354 e. The Hall–Kier alpha value is -2.51. The number of hydrogen-bond donors (Lipinski definition) is 1. The van der Waals surface area contributed by atoms with Gasteiger partial charge < -0.3 is 5.32 Å². The molecule has 7 heteroatoms. The van der Waals surface area contributed by atoms with Crippen molar-refractivity contribution in [3.8, 4) is 0 Å². The van der Waals surface area contributed by atoms with E-state index in [1.54, 1.807) is 23.9 Å². The van der Waals surface area contributed by atoms with Gasteiger partial charge >= 0.3 is 0 Å². The number of rotatable bonds is 8. The summed E-state index contributed by atoms with van der Waals surface area (Å²) in [7, 11) is -3.61. The van der Waals surface area contributed by atoms with Gasteiger partial charge in [0.15, 0.2) is 0 Å². The number of fused-ring (bicyclic) bond motifs is 1. The second-order valence-electron chi connectivity index (χ2n) is 6.78. The van der Waals surface area contributed by atoms with Gasteiger partial charge in [-0.3, -0.25) is 9.10 Å². The number of benzene rings is 3. The summed E-state index contributed by atoms with van der Waals surface area (Å²) in [6.07, 6.45) is 1.12. The highest BCUT2D eigenvalue weighted by Crippen LogP contribution is 2.28. The summed E-state index contributed by atoms with van der Waals surface area (Å²) in [5.41, 5.74) is 1.71. The van der Waals surface area contributed by atoms with Crippen molar-refractivity contribution < 1.29 is 13.2 Å². The quantitative estimate of drug-likeness (QED) is 0.438. The van der Waals surface area contributed by atoms with Crippen LogP contribution >= 0.6 is 11.8 Å². The molecule has 1 amide bonds. The van der Waals surface area contributed by atoms with Crippen LogP contribution in [0.15, 0.2) is 71.6 Å². The number of amides is 1. The molecule has 0 atom stereocenters. The molecule has 0 aliphatic rings. The molecule has 3 aromatic carbocycles. The van der Waals surface area contributed by atoms with Crippen LogP contribution in [-0.2, 0) is 14.8 Å². The van der Waals surface area contributed by atoms with Gasteiger partial charge in [-0.2, -0.15) is 0 Å². The van der Waals surface area contributed by atoms with Crippen LogP contribution in [-0.4, -0.2) is 39.4 Å². The van der Waals surface area contributed by atoms with Crippen LogP contribution in [0, 0.1) is 6.92 Å². The van der Waals surface area contributed by atoms with Gasteiger partial charge in [0.1, 0.15) is 6.54 Å². The van der Waals surface area contributed by atoms with Crippen molar-refractivity contribution in [1.82, 2.24) is 5.32 Å². The molecular formula is C22H24N2O3S2. The van der Waals surface area contributed by atoms with Gasteiger partial charge in [-0.25, -0.2) is 8.42 Å². The van der Waals surface area contributed by atoms with Gasteiger partial charge in [0.05, 0.1) is 11.9 Å². The SMILES string of the molecule is Cc1ccc(SCCNC(=O)CN(c2cccc3ccccc23)S(C)(=O)=O)cc1. The third kappa shape index (κ3) is 5.74.